The minimum Gasteiger partial charge on any atom is -0.288 e. The molecule has 0 atom stereocenters. The van der Waals surface area contributed by atoms with E-state index in [1.165, 1.54) is 6.20 Å². The van der Waals surface area contributed by atoms with E-state index in [1.54, 1.807) is 22.3 Å². The summed E-state index contributed by atoms with van der Waals surface area (Å²) in [4.78, 5) is 11.7. The van der Waals surface area contributed by atoms with Crippen LogP contribution in [0.4, 0.5) is 0 Å². The summed E-state index contributed by atoms with van der Waals surface area (Å²) in [6.45, 7) is 5.93. The fraction of sp³-hybridized carbons (Fsp3) is 0.286. The van der Waals surface area contributed by atoms with Gasteiger partial charge in [-0.3, -0.25) is 10.0 Å². The molecule has 106 valence electrons. The van der Waals surface area contributed by atoms with Crippen molar-refractivity contribution in [3.8, 4) is 5.69 Å². The van der Waals surface area contributed by atoms with Crippen molar-refractivity contribution in [3.63, 3.8) is 0 Å². The van der Waals surface area contributed by atoms with Gasteiger partial charge < -0.3 is 0 Å². The lowest BCUT2D eigenvalue weighted by Crippen LogP contribution is -2.25. The van der Waals surface area contributed by atoms with Gasteiger partial charge in [0.2, 0.25) is 0 Å². The highest BCUT2D eigenvalue weighted by Gasteiger charge is 2.27. The van der Waals surface area contributed by atoms with Gasteiger partial charge in [0.05, 0.1) is 23.1 Å². The highest BCUT2D eigenvalue weighted by atomic mass is 35.5. The molecule has 20 heavy (non-hydrogen) atoms. The van der Waals surface area contributed by atoms with Crippen LogP contribution in [0.5, 0.6) is 0 Å². The van der Waals surface area contributed by atoms with E-state index in [0.717, 1.165) is 5.69 Å². The van der Waals surface area contributed by atoms with Gasteiger partial charge in [-0.05, 0) is 24.3 Å². The third-order valence-corrected chi connectivity index (χ3v) is 3.15. The van der Waals surface area contributed by atoms with Crippen molar-refractivity contribution in [1.29, 1.82) is 0 Å². The summed E-state index contributed by atoms with van der Waals surface area (Å²) in [5.74, 6) is -0.574. The molecule has 0 unspecified atom stereocenters. The van der Waals surface area contributed by atoms with Gasteiger partial charge in [0.25, 0.3) is 5.91 Å². The topological polar surface area (TPSA) is 67.2 Å². The van der Waals surface area contributed by atoms with Crippen molar-refractivity contribution in [3.05, 3.63) is 46.7 Å². The monoisotopic (exact) mass is 293 g/mol. The van der Waals surface area contributed by atoms with Crippen LogP contribution in [0.15, 0.2) is 30.5 Å². The van der Waals surface area contributed by atoms with Gasteiger partial charge in [-0.15, -0.1) is 0 Å². The predicted molar refractivity (Wildman–Crippen MR) is 76.5 cm³/mol. The van der Waals surface area contributed by atoms with Crippen molar-refractivity contribution in [2.75, 3.05) is 0 Å². The van der Waals surface area contributed by atoms with Crippen LogP contribution in [0, 0.1) is 0 Å². The molecule has 1 aromatic heterocycles. The second kappa shape index (κ2) is 5.26. The van der Waals surface area contributed by atoms with Crippen LogP contribution in [-0.4, -0.2) is 20.9 Å². The Morgan fingerprint density at radius 2 is 1.90 bits per heavy atom. The van der Waals surface area contributed by atoms with Gasteiger partial charge in [0.15, 0.2) is 0 Å². The lowest BCUT2D eigenvalue weighted by Gasteiger charge is -2.22. The van der Waals surface area contributed by atoms with Crippen LogP contribution in [0.1, 0.15) is 36.8 Å². The summed E-state index contributed by atoms with van der Waals surface area (Å²) in [5, 5.41) is 13.7. The molecule has 1 amide bonds. The van der Waals surface area contributed by atoms with E-state index in [1.807, 2.05) is 32.9 Å². The number of hydrogen-bond donors (Lipinski definition) is 2. The van der Waals surface area contributed by atoms with Crippen LogP contribution >= 0.6 is 11.6 Å². The molecule has 5 nitrogen and oxygen atoms in total. The highest BCUT2D eigenvalue weighted by Crippen LogP contribution is 2.28. The quantitative estimate of drug-likeness (QED) is 0.661. The summed E-state index contributed by atoms with van der Waals surface area (Å²) in [6.07, 6.45) is 1.45. The minimum atomic E-state index is -0.574. The van der Waals surface area contributed by atoms with Crippen LogP contribution < -0.4 is 5.48 Å². The van der Waals surface area contributed by atoms with E-state index in [4.69, 9.17) is 16.8 Å². The van der Waals surface area contributed by atoms with Gasteiger partial charge in [-0.2, -0.15) is 5.10 Å². The Kier molecular flexibility index (Phi) is 3.83. The first-order chi connectivity index (χ1) is 9.34. The summed E-state index contributed by atoms with van der Waals surface area (Å²) in [7, 11) is 0. The lowest BCUT2D eigenvalue weighted by molar-refractivity contribution is 0.0704. The number of carbonyl (C=O) groups excluding carboxylic acids is 1. The van der Waals surface area contributed by atoms with Gasteiger partial charge >= 0.3 is 0 Å². The Bertz CT molecular complexity index is 627. The second-order valence-electron chi connectivity index (χ2n) is 5.49. The Morgan fingerprint density at radius 1 is 1.30 bits per heavy atom. The van der Waals surface area contributed by atoms with Gasteiger partial charge in [-0.1, -0.05) is 32.4 Å². The maximum Gasteiger partial charge on any atom is 0.278 e. The van der Waals surface area contributed by atoms with E-state index in [2.05, 4.69) is 5.10 Å². The van der Waals surface area contributed by atoms with E-state index in [9.17, 15) is 4.79 Å². The Hall–Kier alpha value is -1.85. The SMILES string of the molecule is CC(C)(C)c1c(C(=O)NO)cnn1-c1ccc(Cl)cc1. The zero-order valence-corrected chi connectivity index (χ0v) is 12.3. The number of hydrogen-bond acceptors (Lipinski definition) is 3. The molecule has 0 spiro atoms. The summed E-state index contributed by atoms with van der Waals surface area (Å²) >= 11 is 5.88. The number of nitrogens with one attached hydrogen (secondary N) is 1. The zero-order valence-electron chi connectivity index (χ0n) is 11.5. The third kappa shape index (κ3) is 2.69. The van der Waals surface area contributed by atoms with E-state index in [0.29, 0.717) is 16.3 Å². The lowest BCUT2D eigenvalue weighted by atomic mass is 9.89. The minimum absolute atomic E-state index is 0.321. The number of aromatic nitrogens is 2. The van der Waals surface area contributed by atoms with Gasteiger partial charge in [-0.25, -0.2) is 10.2 Å². The first kappa shape index (κ1) is 14.6. The van der Waals surface area contributed by atoms with Crippen molar-refractivity contribution < 1.29 is 10.0 Å². The van der Waals surface area contributed by atoms with E-state index >= 15 is 0 Å². The molecule has 2 N–H and O–H groups in total. The van der Waals surface area contributed by atoms with Crippen LogP contribution in [0.2, 0.25) is 5.02 Å². The zero-order chi connectivity index (χ0) is 14.9. The molecule has 0 aliphatic rings. The fourth-order valence-corrected chi connectivity index (χ4v) is 2.20. The predicted octanol–water partition coefficient (Wildman–Crippen LogP) is 2.94. The Balaban J connectivity index is 2.62. The van der Waals surface area contributed by atoms with Crippen molar-refractivity contribution in [1.82, 2.24) is 15.3 Å². The number of hydroxylamine groups is 1. The molecule has 0 saturated carbocycles. The summed E-state index contributed by atoms with van der Waals surface area (Å²) in [6, 6.07) is 7.17. The Morgan fingerprint density at radius 3 is 2.40 bits per heavy atom. The molecule has 1 heterocycles. The second-order valence-corrected chi connectivity index (χ2v) is 5.92. The highest BCUT2D eigenvalue weighted by molar-refractivity contribution is 6.30. The summed E-state index contributed by atoms with van der Waals surface area (Å²) in [5.41, 5.74) is 3.19. The average molecular weight is 294 g/mol. The molecule has 2 rings (SSSR count). The smallest absolute Gasteiger partial charge is 0.278 e. The molecule has 0 aliphatic heterocycles. The first-order valence-electron chi connectivity index (χ1n) is 6.13. The largest absolute Gasteiger partial charge is 0.288 e. The third-order valence-electron chi connectivity index (χ3n) is 2.90. The average Bonchev–Trinajstić information content (AvgIpc) is 2.83. The summed E-state index contributed by atoms with van der Waals surface area (Å²) < 4.78 is 1.68. The van der Waals surface area contributed by atoms with Crippen molar-refractivity contribution in [2.45, 2.75) is 26.2 Å². The fourth-order valence-electron chi connectivity index (χ4n) is 2.07. The molecule has 0 fully saturated rings. The number of carbonyl (C=O) groups is 1. The molecule has 0 saturated heterocycles. The molecule has 0 radical (unpaired) electrons. The van der Waals surface area contributed by atoms with Gasteiger partial charge in [0.1, 0.15) is 0 Å². The van der Waals surface area contributed by atoms with Crippen LogP contribution in [0.3, 0.4) is 0 Å². The molecular formula is C14H16ClN3O2. The standard InChI is InChI=1S/C14H16ClN3O2/c1-14(2,3)12-11(13(19)17-20)8-16-18(12)10-6-4-9(15)5-7-10/h4-8,20H,1-3H3,(H,17,19). The molecule has 2 aromatic rings. The van der Waals surface area contributed by atoms with Gasteiger partial charge in [0, 0.05) is 10.4 Å². The van der Waals surface area contributed by atoms with Crippen LogP contribution in [-0.2, 0) is 5.41 Å². The number of amides is 1. The maximum absolute atomic E-state index is 11.7. The van der Waals surface area contributed by atoms with E-state index in [-0.39, 0.29) is 5.41 Å². The molecular weight excluding hydrogens is 278 g/mol. The number of rotatable bonds is 2. The molecule has 0 aliphatic carbocycles. The first-order valence-corrected chi connectivity index (χ1v) is 6.51. The van der Waals surface area contributed by atoms with Crippen molar-refractivity contribution >= 4 is 17.5 Å². The molecule has 0 bridgehead atoms. The maximum atomic E-state index is 11.7. The number of halogens is 1. The van der Waals surface area contributed by atoms with Crippen molar-refractivity contribution in [2.24, 2.45) is 0 Å². The molecule has 1 aromatic carbocycles. The Labute approximate surface area is 122 Å². The van der Waals surface area contributed by atoms with E-state index < -0.39 is 5.91 Å². The number of nitrogens with zero attached hydrogens (tertiary/aromatic N) is 2. The number of benzene rings is 1. The normalized spacial score (nSPS) is 11.4. The molecule has 6 heteroatoms. The van der Waals surface area contributed by atoms with Crippen LogP contribution in [0.25, 0.3) is 5.69 Å².